The average Bonchev–Trinajstić information content (AvgIpc) is 3.71. The Balaban J connectivity index is 1.29. The molecule has 0 fully saturated rings. The zero-order valence-corrected chi connectivity index (χ0v) is 27.0. The van der Waals surface area contributed by atoms with Gasteiger partial charge in [0.05, 0.1) is 11.7 Å². The predicted molar refractivity (Wildman–Crippen MR) is 185 cm³/mol. The molecule has 9 heteroatoms. The van der Waals surface area contributed by atoms with E-state index < -0.39 is 23.9 Å². The number of hydrazine groups is 1. The van der Waals surface area contributed by atoms with Gasteiger partial charge in [-0.2, -0.15) is 0 Å². The first-order chi connectivity index (χ1) is 22.7. The number of para-hydroxylation sites is 1. The van der Waals surface area contributed by atoms with Crippen molar-refractivity contribution in [2.24, 2.45) is 13.0 Å². The first-order valence-corrected chi connectivity index (χ1v) is 16.0. The van der Waals surface area contributed by atoms with Gasteiger partial charge in [0.25, 0.3) is 17.7 Å². The van der Waals surface area contributed by atoms with Gasteiger partial charge in [-0.15, -0.1) is 0 Å². The minimum absolute atomic E-state index is 0.0677. The summed E-state index contributed by atoms with van der Waals surface area (Å²) in [5, 5.41) is 2.35. The number of nitrogens with one attached hydrogen (secondary N) is 3. The molecule has 3 amide bonds. The van der Waals surface area contributed by atoms with E-state index in [2.05, 4.69) is 15.8 Å². The fourth-order valence-electron chi connectivity index (χ4n) is 6.83. The van der Waals surface area contributed by atoms with Crippen molar-refractivity contribution in [2.45, 2.75) is 32.4 Å². The van der Waals surface area contributed by atoms with Crippen LogP contribution in [0.4, 0.5) is 0 Å². The molecule has 3 heterocycles. The lowest BCUT2D eigenvalue weighted by Gasteiger charge is -2.34. The molecule has 1 aliphatic heterocycles. The summed E-state index contributed by atoms with van der Waals surface area (Å²) in [5.74, 6) is -1.11. The van der Waals surface area contributed by atoms with Crippen molar-refractivity contribution in [3.05, 3.63) is 131 Å². The highest BCUT2D eigenvalue weighted by molar-refractivity contribution is 6.31. The number of nitrogens with zero attached hydrogens (tertiary/aromatic N) is 2. The Morgan fingerprint density at radius 2 is 1.62 bits per heavy atom. The molecule has 0 bridgehead atoms. The normalized spacial score (nSPS) is 15.0. The third-order valence-corrected chi connectivity index (χ3v) is 9.19. The maximum absolute atomic E-state index is 14.4. The van der Waals surface area contributed by atoms with Crippen LogP contribution < -0.4 is 10.9 Å². The van der Waals surface area contributed by atoms with Crippen LogP contribution in [0.15, 0.2) is 103 Å². The Morgan fingerprint density at radius 3 is 2.40 bits per heavy atom. The van der Waals surface area contributed by atoms with Crippen LogP contribution in [-0.2, 0) is 11.8 Å². The number of hydrogen-bond donors (Lipinski definition) is 3. The number of aromatic amines is 1. The number of amides is 3. The highest BCUT2D eigenvalue weighted by Crippen LogP contribution is 2.47. The lowest BCUT2D eigenvalue weighted by atomic mass is 9.91. The summed E-state index contributed by atoms with van der Waals surface area (Å²) in [5.41, 5.74) is 11.6. The summed E-state index contributed by atoms with van der Waals surface area (Å²) >= 11 is 6.17. The van der Waals surface area contributed by atoms with E-state index in [4.69, 9.17) is 11.6 Å². The predicted octanol–water partition coefficient (Wildman–Crippen LogP) is 7.40. The number of fused-ring (bicyclic) bond motifs is 3. The molecule has 0 saturated carbocycles. The summed E-state index contributed by atoms with van der Waals surface area (Å²) in [7, 11) is 1.78. The van der Waals surface area contributed by atoms with Crippen molar-refractivity contribution >= 4 is 51.1 Å². The molecule has 0 saturated heterocycles. The van der Waals surface area contributed by atoms with Crippen molar-refractivity contribution in [3.63, 3.8) is 0 Å². The van der Waals surface area contributed by atoms with Crippen LogP contribution in [0, 0.1) is 5.92 Å². The first kappa shape index (κ1) is 30.3. The monoisotopic (exact) mass is 643 g/mol. The average molecular weight is 644 g/mol. The fourth-order valence-corrected chi connectivity index (χ4v) is 7.01. The van der Waals surface area contributed by atoms with E-state index in [1.54, 1.807) is 34.7 Å². The lowest BCUT2D eigenvalue weighted by molar-refractivity contribution is -0.127. The van der Waals surface area contributed by atoms with E-state index in [-0.39, 0.29) is 11.8 Å². The first-order valence-electron chi connectivity index (χ1n) is 15.7. The topological polar surface area (TPSA) is 99.2 Å². The number of hydrogen-bond acceptors (Lipinski definition) is 3. The van der Waals surface area contributed by atoms with Crippen molar-refractivity contribution in [2.75, 3.05) is 0 Å². The minimum atomic E-state index is -0.885. The number of halogens is 1. The van der Waals surface area contributed by atoms with Crippen LogP contribution in [0.3, 0.4) is 0 Å². The van der Waals surface area contributed by atoms with Crippen molar-refractivity contribution < 1.29 is 14.4 Å². The van der Waals surface area contributed by atoms with Crippen molar-refractivity contribution in [3.8, 4) is 11.3 Å². The quantitative estimate of drug-likeness (QED) is 0.158. The smallest absolute Gasteiger partial charge is 0.286 e. The van der Waals surface area contributed by atoms with E-state index in [0.29, 0.717) is 22.7 Å². The molecule has 3 N–H and O–H groups in total. The van der Waals surface area contributed by atoms with Gasteiger partial charge in [-0.05, 0) is 59.9 Å². The molecule has 6 aromatic rings. The van der Waals surface area contributed by atoms with E-state index in [9.17, 15) is 14.4 Å². The second-order valence-corrected chi connectivity index (χ2v) is 12.8. The number of aromatic nitrogens is 2. The summed E-state index contributed by atoms with van der Waals surface area (Å²) < 4.78 is 1.75. The van der Waals surface area contributed by atoms with E-state index >= 15 is 0 Å². The molecule has 1 aliphatic rings. The van der Waals surface area contributed by atoms with Crippen molar-refractivity contribution in [1.29, 1.82) is 0 Å². The van der Waals surface area contributed by atoms with E-state index in [0.717, 1.165) is 44.2 Å². The van der Waals surface area contributed by atoms with Gasteiger partial charge in [0, 0.05) is 45.0 Å². The van der Waals surface area contributed by atoms with Gasteiger partial charge >= 0.3 is 0 Å². The van der Waals surface area contributed by atoms with Crippen LogP contribution in [0.5, 0.6) is 0 Å². The highest BCUT2D eigenvalue weighted by atomic mass is 35.5. The number of H-pyrrole nitrogens is 1. The van der Waals surface area contributed by atoms with Crippen molar-refractivity contribution in [1.82, 2.24) is 25.3 Å². The molecule has 0 aliphatic carbocycles. The largest absolute Gasteiger partial charge is 0.354 e. The number of carbonyl (C=O) groups excluding carboxylic acids is 3. The molecule has 2 aromatic heterocycles. The molecule has 2 atom stereocenters. The third kappa shape index (κ3) is 5.34. The summed E-state index contributed by atoms with van der Waals surface area (Å²) in [6.45, 7) is 4.03. The molecule has 47 heavy (non-hydrogen) atoms. The maximum Gasteiger partial charge on any atom is 0.286 e. The van der Waals surface area contributed by atoms with Gasteiger partial charge in [-0.25, -0.2) is 0 Å². The molecule has 4 aromatic carbocycles. The molecule has 8 nitrogen and oxygen atoms in total. The van der Waals surface area contributed by atoms with Gasteiger partial charge in [-0.3, -0.25) is 25.2 Å². The zero-order valence-electron chi connectivity index (χ0n) is 26.3. The SMILES string of the molecule is CC(C)CC(C(=O)NNC(=O)c1cc2cc(Cl)ccc2n1C)N1C(=O)c2ccccc2C1c1c(-c2ccccc2)[nH]c2ccccc12. The van der Waals surface area contributed by atoms with Gasteiger partial charge in [0.1, 0.15) is 11.7 Å². The Kier molecular flexibility index (Phi) is 7.82. The standard InChI is InChI=1S/C38H34ClN5O3/c1-22(2)19-32(37(46)42-41-36(45)31-21-24-20-25(39)17-18-30(24)43(31)3)44-35(26-13-7-8-14-27(26)38(44)47)33-28-15-9-10-16-29(28)40-34(33)23-11-5-4-6-12-23/h4-18,20-22,32,35,40H,19H2,1-3H3,(H,41,45)(H,42,46). The van der Waals surface area contributed by atoms with Crippen LogP contribution in [0.25, 0.3) is 33.1 Å². The summed E-state index contributed by atoms with van der Waals surface area (Å²) in [6, 6.07) is 31.3. The second-order valence-electron chi connectivity index (χ2n) is 12.4. The Hall–Kier alpha value is -5.34. The maximum atomic E-state index is 14.4. The number of rotatable bonds is 7. The van der Waals surface area contributed by atoms with Crippen LogP contribution in [-0.4, -0.2) is 38.2 Å². The molecule has 0 radical (unpaired) electrons. The van der Waals surface area contributed by atoms with Gasteiger partial charge in [-0.1, -0.05) is 92.2 Å². The Bertz CT molecular complexity index is 2170. The molecule has 236 valence electrons. The van der Waals surface area contributed by atoms with Crippen LogP contribution in [0.1, 0.15) is 58.3 Å². The minimum Gasteiger partial charge on any atom is -0.354 e. The molecular weight excluding hydrogens is 610 g/mol. The zero-order chi connectivity index (χ0) is 32.8. The number of aryl methyl sites for hydroxylation is 1. The molecule has 2 unspecified atom stereocenters. The van der Waals surface area contributed by atoms with Gasteiger partial charge in [0.2, 0.25) is 0 Å². The van der Waals surface area contributed by atoms with Crippen LogP contribution in [0.2, 0.25) is 5.02 Å². The third-order valence-electron chi connectivity index (χ3n) is 8.95. The molecular formula is C38H34ClN5O3. The van der Waals surface area contributed by atoms with Crippen LogP contribution >= 0.6 is 11.6 Å². The number of benzene rings is 4. The second kappa shape index (κ2) is 12.1. The summed E-state index contributed by atoms with van der Waals surface area (Å²) in [6.07, 6.45) is 0.382. The fraction of sp³-hybridized carbons (Fsp3) is 0.184. The summed E-state index contributed by atoms with van der Waals surface area (Å²) in [4.78, 5) is 47.2. The highest BCUT2D eigenvalue weighted by Gasteiger charge is 2.46. The molecule has 7 rings (SSSR count). The van der Waals surface area contributed by atoms with Gasteiger partial charge < -0.3 is 14.5 Å². The Labute approximate surface area is 277 Å². The number of carbonyl (C=O) groups is 3. The molecule has 0 spiro atoms. The Morgan fingerprint density at radius 1 is 0.894 bits per heavy atom. The van der Waals surface area contributed by atoms with E-state index in [1.807, 2.05) is 98.8 Å². The lowest BCUT2D eigenvalue weighted by Crippen LogP contribution is -2.54. The van der Waals surface area contributed by atoms with Gasteiger partial charge in [0.15, 0.2) is 0 Å². The van der Waals surface area contributed by atoms with E-state index in [1.165, 1.54) is 0 Å².